The number of halogens is 1. The molecule has 1 fully saturated rings. The minimum atomic E-state index is -0.953. The van der Waals surface area contributed by atoms with Crippen LogP contribution in [0.3, 0.4) is 0 Å². The van der Waals surface area contributed by atoms with Gasteiger partial charge in [0.1, 0.15) is 35.1 Å². The molecule has 1 aliphatic heterocycles. The van der Waals surface area contributed by atoms with Gasteiger partial charge in [-0.2, -0.15) is 0 Å². The predicted molar refractivity (Wildman–Crippen MR) is 176 cm³/mol. The number of aromatic nitrogens is 3. The maximum absolute atomic E-state index is 15.4. The van der Waals surface area contributed by atoms with Crippen LogP contribution in [-0.4, -0.2) is 69.3 Å². The Kier molecular flexibility index (Phi) is 10.1. The zero-order chi connectivity index (χ0) is 34.6. The van der Waals surface area contributed by atoms with Crippen molar-refractivity contribution < 1.29 is 33.0 Å². The Hall–Kier alpha value is -5.30. The van der Waals surface area contributed by atoms with E-state index in [0.717, 1.165) is 16.9 Å². The van der Waals surface area contributed by atoms with Gasteiger partial charge in [-0.25, -0.2) is 18.7 Å². The minimum Gasteiger partial charge on any atom is -0.497 e. The van der Waals surface area contributed by atoms with E-state index in [0.29, 0.717) is 29.1 Å². The average Bonchev–Trinajstić information content (AvgIpc) is 3.65. The largest absolute Gasteiger partial charge is 0.497 e. The van der Waals surface area contributed by atoms with Crippen LogP contribution >= 0.6 is 0 Å². The van der Waals surface area contributed by atoms with Gasteiger partial charge in [0.25, 0.3) is 0 Å². The third-order valence-corrected chi connectivity index (χ3v) is 7.80. The number of carbonyl (C=O) groups excluding carboxylic acids is 3. The maximum atomic E-state index is 15.4. The Labute approximate surface area is 278 Å². The molecule has 2 atom stereocenters. The summed E-state index contributed by atoms with van der Waals surface area (Å²) in [6.07, 6.45) is -0.383. The van der Waals surface area contributed by atoms with Gasteiger partial charge in [-0.3, -0.25) is 14.6 Å². The van der Waals surface area contributed by atoms with E-state index in [-0.39, 0.29) is 25.4 Å². The van der Waals surface area contributed by atoms with Gasteiger partial charge >= 0.3 is 12.2 Å². The van der Waals surface area contributed by atoms with E-state index in [1.54, 1.807) is 67.9 Å². The minimum absolute atomic E-state index is 0.0412. The topological polar surface area (TPSA) is 142 Å². The number of rotatable bonds is 11. The zero-order valence-corrected chi connectivity index (χ0v) is 27.6. The van der Waals surface area contributed by atoms with Crippen LogP contribution in [0.4, 0.5) is 19.7 Å². The summed E-state index contributed by atoms with van der Waals surface area (Å²) in [5, 5.41) is 8.31. The fourth-order valence-electron chi connectivity index (χ4n) is 5.21. The normalized spacial score (nSPS) is 15.2. The van der Waals surface area contributed by atoms with E-state index in [1.807, 2.05) is 36.4 Å². The molecule has 0 radical (unpaired) electrons. The van der Waals surface area contributed by atoms with E-state index < -0.39 is 35.8 Å². The second-order valence-corrected chi connectivity index (χ2v) is 12.6. The van der Waals surface area contributed by atoms with Crippen molar-refractivity contribution in [3.63, 3.8) is 0 Å². The van der Waals surface area contributed by atoms with Crippen LogP contribution in [0.1, 0.15) is 44.5 Å². The molecule has 4 aromatic rings. The highest BCUT2D eigenvalue weighted by Crippen LogP contribution is 2.30. The average molecular weight is 659 g/mol. The summed E-state index contributed by atoms with van der Waals surface area (Å²) in [6, 6.07) is 18.3. The molecule has 2 N–H and O–H groups in total. The zero-order valence-electron chi connectivity index (χ0n) is 27.6. The standard InChI is InChI=1S/C35H39FN6O6/c1-22(43)32(37)31-21-41(34(45)47-31)26-12-15-29(30(36)16-26)25-10-6-23(7-11-25)18-40(33(44)48-35(2,3)4)20-27-17-38-39-42(27)19-24-8-13-28(46-5)14-9-24/h6-17,31-32H,18-21,37H2,1-5H3. The number of benzene rings is 3. The number of cyclic esters (lactones) is 1. The first kappa shape index (κ1) is 34.0. The lowest BCUT2D eigenvalue weighted by atomic mass is 10.0. The summed E-state index contributed by atoms with van der Waals surface area (Å²) in [7, 11) is 1.61. The number of hydrogen-bond acceptors (Lipinski definition) is 9. The Morgan fingerprint density at radius 2 is 1.75 bits per heavy atom. The summed E-state index contributed by atoms with van der Waals surface area (Å²) in [6.45, 7) is 7.63. The Morgan fingerprint density at radius 3 is 2.38 bits per heavy atom. The molecular formula is C35H39FN6O6. The van der Waals surface area contributed by atoms with Gasteiger partial charge in [0.2, 0.25) is 0 Å². The lowest BCUT2D eigenvalue weighted by Gasteiger charge is -2.27. The van der Waals surface area contributed by atoms with Crippen LogP contribution in [0.2, 0.25) is 0 Å². The number of Topliss-reactive ketones (excluding diaryl/α,β-unsaturated/α-hetero) is 1. The molecule has 12 nitrogen and oxygen atoms in total. The van der Waals surface area contributed by atoms with Crippen LogP contribution in [-0.2, 0) is 33.9 Å². The van der Waals surface area contributed by atoms with E-state index in [2.05, 4.69) is 10.3 Å². The van der Waals surface area contributed by atoms with Crippen molar-refractivity contribution in [2.24, 2.45) is 5.73 Å². The van der Waals surface area contributed by atoms with Crippen LogP contribution in [0, 0.1) is 5.82 Å². The molecular weight excluding hydrogens is 619 g/mol. The van der Waals surface area contributed by atoms with Crippen LogP contribution < -0.4 is 15.4 Å². The van der Waals surface area contributed by atoms with Gasteiger partial charge in [0.05, 0.1) is 44.3 Å². The van der Waals surface area contributed by atoms with Crippen LogP contribution in [0.25, 0.3) is 11.1 Å². The second-order valence-electron chi connectivity index (χ2n) is 12.6. The van der Waals surface area contributed by atoms with Gasteiger partial charge in [-0.1, -0.05) is 41.6 Å². The molecule has 0 spiro atoms. The highest BCUT2D eigenvalue weighted by Gasteiger charge is 2.38. The molecule has 3 aromatic carbocycles. The third kappa shape index (κ3) is 8.15. The van der Waals surface area contributed by atoms with Gasteiger partial charge in [-0.15, -0.1) is 5.10 Å². The van der Waals surface area contributed by atoms with E-state index in [4.69, 9.17) is 19.9 Å². The van der Waals surface area contributed by atoms with E-state index in [1.165, 1.54) is 17.9 Å². The Morgan fingerprint density at radius 1 is 1.06 bits per heavy atom. The Balaban J connectivity index is 1.31. The third-order valence-electron chi connectivity index (χ3n) is 7.80. The van der Waals surface area contributed by atoms with Crippen molar-refractivity contribution in [3.8, 4) is 16.9 Å². The number of anilines is 1. The first-order valence-corrected chi connectivity index (χ1v) is 15.4. The van der Waals surface area contributed by atoms with Gasteiger partial charge in [-0.05, 0) is 74.7 Å². The molecule has 252 valence electrons. The molecule has 48 heavy (non-hydrogen) atoms. The number of amides is 2. The first-order valence-electron chi connectivity index (χ1n) is 15.4. The lowest BCUT2D eigenvalue weighted by molar-refractivity contribution is -0.120. The summed E-state index contributed by atoms with van der Waals surface area (Å²) >= 11 is 0. The van der Waals surface area contributed by atoms with Gasteiger partial charge in [0.15, 0.2) is 0 Å². The molecule has 0 bridgehead atoms. The summed E-state index contributed by atoms with van der Waals surface area (Å²) in [5.41, 5.74) is 8.87. The molecule has 1 aromatic heterocycles. The molecule has 2 unspecified atom stereocenters. The van der Waals surface area contributed by atoms with E-state index >= 15 is 4.39 Å². The van der Waals surface area contributed by atoms with Crippen molar-refractivity contribution in [2.75, 3.05) is 18.6 Å². The smallest absolute Gasteiger partial charge is 0.414 e. The molecule has 13 heteroatoms. The summed E-state index contributed by atoms with van der Waals surface area (Å²) < 4.78 is 33.3. The fraction of sp³-hybridized carbons (Fsp3) is 0.343. The summed E-state index contributed by atoms with van der Waals surface area (Å²) in [5.74, 6) is -0.0959. The Bertz CT molecular complexity index is 1770. The number of ether oxygens (including phenoxy) is 3. The SMILES string of the molecule is COc1ccc(Cn2nncc2CN(Cc2ccc(-c3ccc(N4CC(C(N)C(C)=O)OC4=O)cc3F)cc2)C(=O)OC(C)(C)C)cc1. The summed E-state index contributed by atoms with van der Waals surface area (Å²) in [4.78, 5) is 40.2. The van der Waals surface area contributed by atoms with Gasteiger partial charge < -0.3 is 19.9 Å². The van der Waals surface area contributed by atoms with Crippen molar-refractivity contribution in [1.29, 1.82) is 0 Å². The quantitative estimate of drug-likeness (QED) is 0.227. The molecule has 1 aliphatic rings. The number of methoxy groups -OCH3 is 1. The predicted octanol–water partition coefficient (Wildman–Crippen LogP) is 5.32. The highest BCUT2D eigenvalue weighted by molar-refractivity contribution is 5.92. The fourth-order valence-corrected chi connectivity index (χ4v) is 5.21. The lowest BCUT2D eigenvalue weighted by Crippen LogP contribution is -2.43. The number of hydrogen-bond donors (Lipinski definition) is 1. The molecule has 0 aliphatic carbocycles. The first-order chi connectivity index (χ1) is 22.8. The number of nitrogens with two attached hydrogens (primary N) is 1. The van der Waals surface area contributed by atoms with Crippen molar-refractivity contribution >= 4 is 23.7 Å². The molecule has 5 rings (SSSR count). The number of nitrogens with zero attached hydrogens (tertiary/aromatic N) is 5. The number of ketones is 1. The second kappa shape index (κ2) is 14.2. The van der Waals surface area contributed by atoms with Crippen molar-refractivity contribution in [1.82, 2.24) is 19.9 Å². The van der Waals surface area contributed by atoms with Crippen LogP contribution in [0.5, 0.6) is 5.75 Å². The molecule has 1 saturated heterocycles. The van der Waals surface area contributed by atoms with Crippen LogP contribution in [0.15, 0.2) is 72.9 Å². The molecule has 2 heterocycles. The number of carbonyl (C=O) groups is 3. The molecule has 0 saturated carbocycles. The van der Waals surface area contributed by atoms with E-state index in [9.17, 15) is 14.4 Å². The molecule has 2 amide bonds. The van der Waals surface area contributed by atoms with Crippen molar-refractivity contribution in [3.05, 3.63) is 95.6 Å². The maximum Gasteiger partial charge on any atom is 0.414 e. The van der Waals surface area contributed by atoms with Gasteiger partial charge in [0, 0.05) is 12.1 Å². The monoisotopic (exact) mass is 658 g/mol. The highest BCUT2D eigenvalue weighted by atomic mass is 19.1. The van der Waals surface area contributed by atoms with Crippen molar-refractivity contribution in [2.45, 2.75) is 65.1 Å².